The molecular formula is C14H22N3O4PS. The van der Waals surface area contributed by atoms with Gasteiger partial charge >= 0.3 is 6.72 Å². The first-order valence-electron chi connectivity index (χ1n) is 7.17. The van der Waals surface area contributed by atoms with Crippen LogP contribution in [0.3, 0.4) is 0 Å². The normalized spacial score (nSPS) is 13.9. The molecule has 0 fully saturated rings. The van der Waals surface area contributed by atoms with Gasteiger partial charge in [-0.2, -0.15) is 0 Å². The van der Waals surface area contributed by atoms with E-state index >= 15 is 0 Å². The van der Waals surface area contributed by atoms with Crippen molar-refractivity contribution in [3.8, 4) is 0 Å². The fourth-order valence-corrected chi connectivity index (χ4v) is 5.14. The van der Waals surface area contributed by atoms with E-state index in [4.69, 9.17) is 4.52 Å². The molecule has 1 atom stereocenters. The summed E-state index contributed by atoms with van der Waals surface area (Å²) in [5.41, 5.74) is 1.28. The van der Waals surface area contributed by atoms with Gasteiger partial charge in [0.2, 0.25) is 0 Å². The summed E-state index contributed by atoms with van der Waals surface area (Å²) in [6.45, 7) is 0.806. The number of hydrogen-bond acceptors (Lipinski definition) is 6. The van der Waals surface area contributed by atoms with Crippen LogP contribution >= 0.6 is 18.1 Å². The van der Waals surface area contributed by atoms with Gasteiger partial charge in [-0.3, -0.25) is 19.3 Å². The number of nitro groups is 1. The molecule has 1 unspecified atom stereocenters. The number of aliphatic imine (C=N–C) groups is 1. The molecule has 1 aromatic carbocycles. The lowest BCUT2D eigenvalue weighted by molar-refractivity contribution is -0.384. The smallest absolute Gasteiger partial charge is 0.309 e. The second-order valence-electron chi connectivity index (χ2n) is 4.88. The molecule has 0 N–H and O–H groups in total. The van der Waals surface area contributed by atoms with Crippen molar-refractivity contribution in [1.82, 2.24) is 4.67 Å². The zero-order valence-corrected chi connectivity index (χ0v) is 15.5. The summed E-state index contributed by atoms with van der Waals surface area (Å²) in [7, 11) is 3.06. The van der Waals surface area contributed by atoms with E-state index in [-0.39, 0.29) is 5.69 Å². The highest BCUT2D eigenvalue weighted by Gasteiger charge is 2.26. The Labute approximate surface area is 140 Å². The summed E-state index contributed by atoms with van der Waals surface area (Å²) < 4.78 is 19.3. The van der Waals surface area contributed by atoms with E-state index in [0.29, 0.717) is 11.3 Å². The fraction of sp³-hybridized carbons (Fsp3) is 0.500. The van der Waals surface area contributed by atoms with Crippen LogP contribution in [0.5, 0.6) is 0 Å². The van der Waals surface area contributed by atoms with Gasteiger partial charge in [0, 0.05) is 32.0 Å². The molecule has 0 saturated carbocycles. The maximum atomic E-state index is 12.7. The quantitative estimate of drug-likeness (QED) is 0.157. The summed E-state index contributed by atoms with van der Waals surface area (Å²) in [5.74, 6) is 0.746. The lowest BCUT2D eigenvalue weighted by Gasteiger charge is -2.23. The fourth-order valence-electron chi connectivity index (χ4n) is 1.70. The second kappa shape index (κ2) is 9.05. The molecule has 7 nitrogen and oxygen atoms in total. The molecule has 0 bridgehead atoms. The average molecular weight is 359 g/mol. The first kappa shape index (κ1) is 19.7. The molecule has 0 radical (unpaired) electrons. The molecule has 1 aromatic rings. The Morgan fingerprint density at radius 1 is 1.52 bits per heavy atom. The number of nitrogens with zero attached hydrogens (tertiary/aromatic N) is 3. The Balaban J connectivity index is 2.86. The number of unbranched alkanes of at least 4 members (excludes halogenated alkanes) is 1. The topological polar surface area (TPSA) is 85.0 Å². The lowest BCUT2D eigenvalue weighted by atomic mass is 10.2. The Bertz CT molecular complexity index is 624. The summed E-state index contributed by atoms with van der Waals surface area (Å²) >= 11 is 1.28. The Kier molecular flexibility index (Phi) is 7.75. The first-order valence-corrected chi connectivity index (χ1v) is 10.3. The minimum absolute atomic E-state index is 0.0208. The number of hydrogen-bond donors (Lipinski definition) is 0. The van der Waals surface area contributed by atoms with Crippen molar-refractivity contribution in [1.29, 1.82) is 0 Å². The predicted molar refractivity (Wildman–Crippen MR) is 95.7 cm³/mol. The van der Waals surface area contributed by atoms with Gasteiger partial charge < -0.3 is 4.52 Å². The molecule has 1 rings (SSSR count). The minimum atomic E-state index is -3.01. The molecule has 23 heavy (non-hydrogen) atoms. The van der Waals surface area contributed by atoms with Crippen LogP contribution in [0, 0.1) is 17.0 Å². The van der Waals surface area contributed by atoms with Crippen molar-refractivity contribution in [3.05, 3.63) is 33.9 Å². The van der Waals surface area contributed by atoms with Crippen molar-refractivity contribution in [2.45, 2.75) is 26.7 Å². The maximum absolute atomic E-state index is 12.7. The summed E-state index contributed by atoms with van der Waals surface area (Å²) in [5, 5.41) is 10.7. The van der Waals surface area contributed by atoms with E-state index in [1.807, 2.05) is 0 Å². The zero-order valence-electron chi connectivity index (χ0n) is 13.8. The van der Waals surface area contributed by atoms with E-state index in [1.165, 1.54) is 41.6 Å². The van der Waals surface area contributed by atoms with E-state index in [0.717, 1.165) is 18.6 Å². The van der Waals surface area contributed by atoms with Crippen LogP contribution in [0.25, 0.3) is 0 Å². The van der Waals surface area contributed by atoms with Crippen molar-refractivity contribution in [2.75, 3.05) is 19.9 Å². The van der Waals surface area contributed by atoms with Crippen LogP contribution in [0.4, 0.5) is 11.4 Å². The van der Waals surface area contributed by atoms with Crippen molar-refractivity contribution >= 4 is 35.8 Å². The van der Waals surface area contributed by atoms with Gasteiger partial charge in [-0.05, 0) is 36.4 Å². The number of rotatable bonds is 9. The van der Waals surface area contributed by atoms with Crippen LogP contribution in [0.15, 0.2) is 23.2 Å². The third-order valence-electron chi connectivity index (χ3n) is 3.12. The minimum Gasteiger partial charge on any atom is -0.309 e. The van der Waals surface area contributed by atoms with Gasteiger partial charge in [0.1, 0.15) is 0 Å². The van der Waals surface area contributed by atoms with Crippen molar-refractivity contribution in [2.24, 2.45) is 4.99 Å². The Morgan fingerprint density at radius 2 is 2.22 bits per heavy atom. The first-order chi connectivity index (χ1) is 10.8. The van der Waals surface area contributed by atoms with Gasteiger partial charge in [0.15, 0.2) is 0 Å². The third kappa shape index (κ3) is 5.64. The maximum Gasteiger partial charge on any atom is 0.353 e. The molecule has 0 amide bonds. The number of aryl methyl sites for hydroxylation is 1. The summed E-state index contributed by atoms with van der Waals surface area (Å²) in [4.78, 5) is 14.5. The van der Waals surface area contributed by atoms with Gasteiger partial charge in [-0.25, -0.2) is 4.99 Å². The highest BCUT2D eigenvalue weighted by molar-refractivity contribution is 8.55. The molecule has 0 aliphatic heterocycles. The number of benzene rings is 1. The van der Waals surface area contributed by atoms with Crippen LogP contribution in [0.2, 0.25) is 0 Å². The number of nitro benzene ring substituents is 1. The molecule has 9 heteroatoms. The Hall–Kier alpha value is -1.37. The second-order valence-corrected chi connectivity index (χ2v) is 9.64. The largest absolute Gasteiger partial charge is 0.353 e. The molecule has 128 valence electrons. The molecule has 0 aromatic heterocycles. The highest BCUT2D eigenvalue weighted by Crippen LogP contribution is 2.60. The lowest BCUT2D eigenvalue weighted by Crippen LogP contribution is -2.12. The molecule has 0 aliphatic carbocycles. The Morgan fingerprint density at radius 3 is 2.74 bits per heavy atom. The molecule has 0 saturated heterocycles. The molecular weight excluding hydrogens is 337 g/mol. The summed E-state index contributed by atoms with van der Waals surface area (Å²) in [6.07, 6.45) is 3.43. The van der Waals surface area contributed by atoms with Gasteiger partial charge in [0.25, 0.3) is 5.69 Å². The average Bonchev–Trinajstić information content (AvgIpc) is 2.53. The summed E-state index contributed by atoms with van der Waals surface area (Å²) in [6, 6.07) is 4.42. The van der Waals surface area contributed by atoms with Gasteiger partial charge in [-0.1, -0.05) is 13.3 Å². The van der Waals surface area contributed by atoms with Crippen LogP contribution in [-0.2, 0) is 9.09 Å². The van der Waals surface area contributed by atoms with E-state index in [1.54, 1.807) is 20.0 Å². The van der Waals surface area contributed by atoms with Crippen LogP contribution in [0.1, 0.15) is 25.3 Å². The van der Waals surface area contributed by atoms with Crippen molar-refractivity contribution in [3.63, 3.8) is 0 Å². The van der Waals surface area contributed by atoms with E-state index < -0.39 is 11.6 Å². The monoisotopic (exact) mass is 359 g/mol. The van der Waals surface area contributed by atoms with Crippen LogP contribution < -0.4 is 0 Å². The van der Waals surface area contributed by atoms with E-state index in [2.05, 4.69) is 11.9 Å². The molecule has 0 heterocycles. The SMILES string of the molecule is CCCCSP(=O)(OC)N(C)C=Nc1ccc([N+](=O)[O-])cc1C. The van der Waals surface area contributed by atoms with Gasteiger partial charge in [0.05, 0.1) is 16.9 Å². The molecule has 0 aliphatic rings. The van der Waals surface area contributed by atoms with Crippen molar-refractivity contribution < 1.29 is 14.0 Å². The number of non-ortho nitro benzene ring substituents is 1. The molecule has 0 spiro atoms. The van der Waals surface area contributed by atoms with E-state index in [9.17, 15) is 14.7 Å². The highest BCUT2D eigenvalue weighted by atomic mass is 32.7. The van der Waals surface area contributed by atoms with Gasteiger partial charge in [-0.15, -0.1) is 0 Å². The van der Waals surface area contributed by atoms with Crippen LogP contribution in [-0.4, -0.2) is 35.8 Å². The third-order valence-corrected chi connectivity index (χ3v) is 8.01. The predicted octanol–water partition coefficient (Wildman–Crippen LogP) is 4.78. The zero-order chi connectivity index (χ0) is 17.5. The standard InChI is InChI=1S/C14H22N3O4PS/c1-5-6-9-23-22(20,21-4)16(3)11-15-14-8-7-13(17(18)19)10-12(14)2/h7-8,10-11H,5-6,9H2,1-4H3.